The van der Waals surface area contributed by atoms with Gasteiger partial charge >= 0.3 is 0 Å². The molecule has 0 atom stereocenters. The highest BCUT2D eigenvalue weighted by Crippen LogP contribution is 2.29. The largest absolute Gasteiger partial charge is 0.304 e. The summed E-state index contributed by atoms with van der Waals surface area (Å²) < 4.78 is 2.91. The number of aromatic nitrogens is 5. The zero-order valence-corrected chi connectivity index (χ0v) is 13.8. The Morgan fingerprint density at radius 2 is 2.08 bits per heavy atom. The van der Waals surface area contributed by atoms with Gasteiger partial charge in [-0.3, -0.25) is 4.79 Å². The van der Waals surface area contributed by atoms with E-state index >= 15 is 0 Å². The molecule has 0 spiro atoms. The molecule has 120 valence electrons. The van der Waals surface area contributed by atoms with E-state index in [0.29, 0.717) is 16.4 Å². The lowest BCUT2D eigenvalue weighted by Gasteiger charge is -2.09. The van der Waals surface area contributed by atoms with Crippen LogP contribution in [0.2, 0.25) is 0 Å². The van der Waals surface area contributed by atoms with Crippen LogP contribution in [0.3, 0.4) is 0 Å². The predicted octanol–water partition coefficient (Wildman–Crippen LogP) is 1.85. The number of aryl methyl sites for hydroxylation is 1. The molecular weight excluding hydrogens is 326 g/mol. The molecule has 0 radical (unpaired) electrons. The van der Waals surface area contributed by atoms with Crippen molar-refractivity contribution in [2.24, 2.45) is 7.05 Å². The summed E-state index contributed by atoms with van der Waals surface area (Å²) in [5.41, 5.74) is 1.34. The Morgan fingerprint density at radius 1 is 1.33 bits per heavy atom. The number of carbonyl (C=O) groups excluding carboxylic acids is 1. The highest BCUT2D eigenvalue weighted by Gasteiger charge is 2.22. The maximum absolute atomic E-state index is 12.5. The zero-order valence-electron chi connectivity index (χ0n) is 13.0. The smallest absolute Gasteiger partial charge is 0.276 e. The quantitative estimate of drug-likeness (QED) is 0.728. The summed E-state index contributed by atoms with van der Waals surface area (Å²) in [6.07, 6.45) is 3.19. The van der Waals surface area contributed by atoms with E-state index in [2.05, 4.69) is 26.8 Å². The zero-order chi connectivity index (χ0) is 17.1. The normalized spacial score (nSPS) is 10.4. The van der Waals surface area contributed by atoms with Crippen LogP contribution in [0.5, 0.6) is 0 Å². The van der Waals surface area contributed by atoms with Crippen LogP contribution in [0.15, 0.2) is 41.6 Å². The van der Waals surface area contributed by atoms with Crippen molar-refractivity contribution in [1.29, 1.82) is 5.26 Å². The van der Waals surface area contributed by atoms with Crippen molar-refractivity contribution in [3.63, 3.8) is 0 Å². The van der Waals surface area contributed by atoms with Crippen molar-refractivity contribution in [2.45, 2.75) is 5.03 Å². The van der Waals surface area contributed by atoms with Crippen molar-refractivity contribution in [3.05, 3.63) is 47.8 Å². The Hall–Kier alpha value is -3.12. The fourth-order valence-corrected chi connectivity index (χ4v) is 2.69. The van der Waals surface area contributed by atoms with Crippen LogP contribution in [-0.4, -0.2) is 36.9 Å². The summed E-state index contributed by atoms with van der Waals surface area (Å²) >= 11 is 1.34. The molecule has 3 rings (SSSR count). The Bertz CT molecular complexity index is 923. The van der Waals surface area contributed by atoms with Gasteiger partial charge in [0.05, 0.1) is 11.9 Å². The Labute approximate surface area is 142 Å². The molecule has 0 saturated heterocycles. The van der Waals surface area contributed by atoms with E-state index in [-0.39, 0.29) is 5.69 Å². The minimum Gasteiger partial charge on any atom is -0.304 e. The van der Waals surface area contributed by atoms with E-state index in [1.165, 1.54) is 22.6 Å². The number of nitriles is 1. The number of benzene rings is 1. The first-order chi connectivity index (χ1) is 11.7. The van der Waals surface area contributed by atoms with Gasteiger partial charge in [-0.05, 0) is 18.4 Å². The molecule has 2 aromatic heterocycles. The van der Waals surface area contributed by atoms with Crippen LogP contribution in [-0.2, 0) is 7.05 Å². The number of anilines is 1. The second-order valence-corrected chi connectivity index (χ2v) is 5.58. The van der Waals surface area contributed by atoms with Crippen LogP contribution < -0.4 is 5.32 Å². The van der Waals surface area contributed by atoms with E-state index in [9.17, 15) is 10.1 Å². The van der Waals surface area contributed by atoms with Gasteiger partial charge in [0.2, 0.25) is 0 Å². The summed E-state index contributed by atoms with van der Waals surface area (Å²) in [4.78, 5) is 12.5. The van der Waals surface area contributed by atoms with E-state index in [1.54, 1.807) is 11.7 Å². The van der Waals surface area contributed by atoms with Gasteiger partial charge in [0.15, 0.2) is 5.82 Å². The van der Waals surface area contributed by atoms with Gasteiger partial charge in [-0.1, -0.05) is 23.4 Å². The lowest BCUT2D eigenvalue weighted by atomic mass is 10.3. The molecule has 2 heterocycles. The number of thioether (sulfide) groups is 1. The third kappa shape index (κ3) is 2.75. The van der Waals surface area contributed by atoms with Gasteiger partial charge in [-0.25, -0.2) is 9.36 Å². The van der Waals surface area contributed by atoms with Crippen molar-refractivity contribution in [1.82, 2.24) is 24.8 Å². The summed E-state index contributed by atoms with van der Waals surface area (Å²) in [6.45, 7) is 0. The highest BCUT2D eigenvalue weighted by atomic mass is 32.2. The number of rotatable bonds is 4. The minimum atomic E-state index is -0.413. The van der Waals surface area contributed by atoms with Gasteiger partial charge in [-0.2, -0.15) is 10.4 Å². The number of hydrogen-bond acceptors (Lipinski definition) is 6. The first-order valence-electron chi connectivity index (χ1n) is 6.94. The Kier molecular flexibility index (Phi) is 4.31. The molecule has 0 aliphatic heterocycles. The van der Waals surface area contributed by atoms with Crippen LogP contribution in [0, 0.1) is 11.3 Å². The molecule has 1 amide bonds. The minimum absolute atomic E-state index is 0.283. The lowest BCUT2D eigenvalue weighted by Crippen LogP contribution is -2.19. The van der Waals surface area contributed by atoms with Crippen LogP contribution in [0.25, 0.3) is 5.69 Å². The fourth-order valence-electron chi connectivity index (χ4n) is 2.18. The van der Waals surface area contributed by atoms with Gasteiger partial charge in [0, 0.05) is 7.05 Å². The second kappa shape index (κ2) is 6.55. The number of carbonyl (C=O) groups is 1. The standard InChI is InChI=1S/C15H13N7OS/c1-21-12(9-17-20-21)14(23)18-13-11(8-16)15(24-2)19-22(13)10-6-4-3-5-7-10/h3-7,9H,1-2H3,(H,18,23). The number of nitrogens with one attached hydrogen (secondary N) is 1. The highest BCUT2D eigenvalue weighted by molar-refractivity contribution is 7.98. The van der Waals surface area contributed by atoms with Gasteiger partial charge < -0.3 is 5.32 Å². The molecule has 0 bridgehead atoms. The lowest BCUT2D eigenvalue weighted by molar-refractivity contribution is 0.101. The average molecular weight is 339 g/mol. The maximum Gasteiger partial charge on any atom is 0.276 e. The molecule has 3 aromatic rings. The van der Waals surface area contributed by atoms with Gasteiger partial charge in [-0.15, -0.1) is 16.9 Å². The van der Waals surface area contributed by atoms with Crippen LogP contribution >= 0.6 is 11.8 Å². The molecule has 0 aliphatic carbocycles. The molecule has 8 nitrogen and oxygen atoms in total. The maximum atomic E-state index is 12.5. The summed E-state index contributed by atoms with van der Waals surface area (Å²) in [5.74, 6) is -0.0945. The van der Waals surface area contributed by atoms with Crippen LogP contribution in [0.1, 0.15) is 16.1 Å². The van der Waals surface area contributed by atoms with Gasteiger partial charge in [0.1, 0.15) is 22.4 Å². The third-order valence-corrected chi connectivity index (χ3v) is 4.01. The summed E-state index contributed by atoms with van der Waals surface area (Å²) in [5, 5.41) is 24.6. The number of amides is 1. The molecule has 1 N–H and O–H groups in total. The molecule has 0 unspecified atom stereocenters. The van der Waals surface area contributed by atoms with E-state index in [4.69, 9.17) is 0 Å². The molecule has 0 saturated carbocycles. The first-order valence-corrected chi connectivity index (χ1v) is 8.16. The van der Waals surface area contributed by atoms with E-state index in [0.717, 1.165) is 5.69 Å². The average Bonchev–Trinajstić information content (AvgIpc) is 3.18. The Balaban J connectivity index is 2.09. The van der Waals surface area contributed by atoms with E-state index < -0.39 is 5.91 Å². The van der Waals surface area contributed by atoms with Crippen molar-refractivity contribution >= 4 is 23.5 Å². The molecule has 24 heavy (non-hydrogen) atoms. The molecule has 0 fully saturated rings. The SMILES string of the molecule is CSc1nn(-c2ccccc2)c(NC(=O)c2cnnn2C)c1C#N. The summed E-state index contributed by atoms with van der Waals surface area (Å²) in [6, 6.07) is 11.4. The second-order valence-electron chi connectivity index (χ2n) is 4.79. The summed E-state index contributed by atoms with van der Waals surface area (Å²) in [7, 11) is 1.62. The molecule has 0 aliphatic rings. The fraction of sp³-hybridized carbons (Fsp3) is 0.133. The molecular formula is C15H13N7OS. The van der Waals surface area contributed by atoms with Crippen molar-refractivity contribution < 1.29 is 4.79 Å². The first kappa shape index (κ1) is 15.8. The number of para-hydroxylation sites is 1. The van der Waals surface area contributed by atoms with Crippen LogP contribution in [0.4, 0.5) is 5.82 Å². The third-order valence-electron chi connectivity index (χ3n) is 3.34. The number of hydrogen-bond donors (Lipinski definition) is 1. The monoisotopic (exact) mass is 339 g/mol. The van der Waals surface area contributed by atoms with E-state index in [1.807, 2.05) is 36.6 Å². The Morgan fingerprint density at radius 3 is 2.67 bits per heavy atom. The number of nitrogens with zero attached hydrogens (tertiary/aromatic N) is 6. The topological polar surface area (TPSA) is 101 Å². The van der Waals surface area contributed by atoms with Crippen molar-refractivity contribution in [2.75, 3.05) is 11.6 Å². The predicted molar refractivity (Wildman–Crippen MR) is 89.0 cm³/mol. The molecule has 9 heteroatoms. The van der Waals surface area contributed by atoms with Gasteiger partial charge in [0.25, 0.3) is 5.91 Å². The molecule has 1 aromatic carbocycles. The van der Waals surface area contributed by atoms with Crippen molar-refractivity contribution in [3.8, 4) is 11.8 Å².